The first kappa shape index (κ1) is 21.1. The summed E-state index contributed by atoms with van der Waals surface area (Å²) < 4.78 is 32.3. The van der Waals surface area contributed by atoms with Gasteiger partial charge in [-0.05, 0) is 50.3 Å². The van der Waals surface area contributed by atoms with Crippen molar-refractivity contribution in [1.82, 2.24) is 9.21 Å². The van der Waals surface area contributed by atoms with E-state index in [0.717, 1.165) is 38.5 Å². The highest BCUT2D eigenvalue weighted by atomic mass is 35.5. The Hall–Kier alpha value is -1.64. The summed E-state index contributed by atoms with van der Waals surface area (Å²) in [4.78, 5) is 26.1. The van der Waals surface area contributed by atoms with Crippen molar-refractivity contribution in [3.8, 4) is 0 Å². The van der Waals surface area contributed by atoms with Crippen molar-refractivity contribution in [1.29, 1.82) is 0 Å². The molecule has 0 unspecified atom stereocenters. The molecule has 0 radical (unpaired) electrons. The minimum Gasteiger partial charge on any atom is -0.452 e. The Labute approximate surface area is 170 Å². The zero-order chi connectivity index (χ0) is 20.1. The molecular formula is C19H25ClN2O5S. The minimum atomic E-state index is -3.78. The largest absolute Gasteiger partial charge is 0.452 e. The van der Waals surface area contributed by atoms with Crippen LogP contribution in [0.4, 0.5) is 0 Å². The quantitative estimate of drug-likeness (QED) is 0.673. The van der Waals surface area contributed by atoms with E-state index >= 15 is 0 Å². The van der Waals surface area contributed by atoms with E-state index in [-0.39, 0.29) is 28.0 Å². The highest BCUT2D eigenvalue weighted by Gasteiger charge is 2.29. The molecule has 0 N–H and O–H groups in total. The van der Waals surface area contributed by atoms with E-state index in [1.165, 1.54) is 22.5 Å². The lowest BCUT2D eigenvalue weighted by molar-refractivity contribution is -0.135. The van der Waals surface area contributed by atoms with Crippen LogP contribution in [-0.2, 0) is 19.6 Å². The van der Waals surface area contributed by atoms with E-state index in [4.69, 9.17) is 16.3 Å². The standard InChI is InChI=1S/C19H25ClN2O5S/c20-16-8-7-15(13-17(16)28(25,26)22-11-5-2-6-12-22)19(24)27-14-18(23)21-9-3-1-4-10-21/h7-8,13H,1-6,9-12,14H2. The van der Waals surface area contributed by atoms with Gasteiger partial charge >= 0.3 is 5.97 Å². The van der Waals surface area contributed by atoms with Crippen LogP contribution in [0.2, 0.25) is 5.02 Å². The molecule has 2 saturated heterocycles. The second-order valence-electron chi connectivity index (χ2n) is 7.13. The van der Waals surface area contributed by atoms with E-state index in [1.54, 1.807) is 4.90 Å². The number of hydrogen-bond donors (Lipinski definition) is 0. The fourth-order valence-corrected chi connectivity index (χ4v) is 5.54. The lowest BCUT2D eigenvalue weighted by Crippen LogP contribution is -2.38. The summed E-state index contributed by atoms with van der Waals surface area (Å²) in [5.74, 6) is -0.972. The number of benzene rings is 1. The van der Waals surface area contributed by atoms with Crippen molar-refractivity contribution in [2.75, 3.05) is 32.8 Å². The smallest absolute Gasteiger partial charge is 0.338 e. The van der Waals surface area contributed by atoms with Crippen LogP contribution in [-0.4, -0.2) is 62.3 Å². The molecule has 2 heterocycles. The molecule has 3 rings (SSSR count). The van der Waals surface area contributed by atoms with Gasteiger partial charge in [0.15, 0.2) is 6.61 Å². The maximum atomic E-state index is 12.9. The third-order valence-corrected chi connectivity index (χ3v) is 7.52. The Bertz CT molecular complexity index is 831. The minimum absolute atomic E-state index is 0.0615. The molecule has 1 aromatic rings. The van der Waals surface area contributed by atoms with Crippen LogP contribution < -0.4 is 0 Å². The van der Waals surface area contributed by atoms with Crippen LogP contribution in [0.5, 0.6) is 0 Å². The monoisotopic (exact) mass is 428 g/mol. The normalized spacial score (nSPS) is 18.7. The summed E-state index contributed by atoms with van der Waals surface area (Å²) in [5.41, 5.74) is 0.0615. The van der Waals surface area contributed by atoms with Crippen molar-refractivity contribution < 1.29 is 22.7 Å². The van der Waals surface area contributed by atoms with Gasteiger partial charge in [0, 0.05) is 26.2 Å². The van der Waals surface area contributed by atoms with E-state index in [1.807, 2.05) is 0 Å². The highest BCUT2D eigenvalue weighted by Crippen LogP contribution is 2.28. The molecular weight excluding hydrogens is 404 g/mol. The number of nitrogens with zero attached hydrogens (tertiary/aromatic N) is 2. The molecule has 2 fully saturated rings. The van der Waals surface area contributed by atoms with Crippen LogP contribution in [0.25, 0.3) is 0 Å². The fraction of sp³-hybridized carbons (Fsp3) is 0.579. The van der Waals surface area contributed by atoms with Crippen LogP contribution in [0, 0.1) is 0 Å². The number of ether oxygens (including phenoxy) is 1. The number of sulfonamides is 1. The summed E-state index contributed by atoms with van der Waals surface area (Å²) in [7, 11) is -3.78. The summed E-state index contributed by atoms with van der Waals surface area (Å²) in [6.07, 6.45) is 5.61. The van der Waals surface area contributed by atoms with Gasteiger partial charge in [0.25, 0.3) is 5.91 Å². The molecule has 0 spiro atoms. The van der Waals surface area contributed by atoms with Gasteiger partial charge in [-0.2, -0.15) is 4.31 Å². The van der Waals surface area contributed by atoms with Crippen molar-refractivity contribution in [3.05, 3.63) is 28.8 Å². The number of piperidine rings is 2. The molecule has 0 bridgehead atoms. The van der Waals surface area contributed by atoms with Crippen molar-refractivity contribution in [3.63, 3.8) is 0 Å². The summed E-state index contributed by atoms with van der Waals surface area (Å²) in [5, 5.41) is 0.0616. The maximum Gasteiger partial charge on any atom is 0.338 e. The molecule has 154 valence electrons. The third-order valence-electron chi connectivity index (χ3n) is 5.14. The highest BCUT2D eigenvalue weighted by molar-refractivity contribution is 7.89. The molecule has 0 aromatic heterocycles. The average Bonchev–Trinajstić information content (AvgIpc) is 2.73. The number of likely N-dealkylation sites (tertiary alicyclic amines) is 1. The predicted molar refractivity (Wildman–Crippen MR) is 105 cm³/mol. The van der Waals surface area contributed by atoms with E-state index < -0.39 is 16.0 Å². The van der Waals surface area contributed by atoms with E-state index in [2.05, 4.69) is 0 Å². The Kier molecular flexibility index (Phi) is 6.95. The average molecular weight is 429 g/mol. The first-order valence-corrected chi connectivity index (χ1v) is 11.5. The summed E-state index contributed by atoms with van der Waals surface area (Å²) >= 11 is 6.11. The number of hydrogen-bond acceptors (Lipinski definition) is 5. The Morgan fingerprint density at radius 2 is 1.57 bits per heavy atom. The molecule has 2 aliphatic rings. The first-order valence-electron chi connectivity index (χ1n) is 9.64. The third kappa shape index (κ3) is 4.85. The molecule has 2 aliphatic heterocycles. The second kappa shape index (κ2) is 9.24. The number of halogens is 1. The van der Waals surface area contributed by atoms with Gasteiger partial charge in [-0.25, -0.2) is 13.2 Å². The van der Waals surface area contributed by atoms with Crippen molar-refractivity contribution in [2.24, 2.45) is 0 Å². The first-order chi connectivity index (χ1) is 13.4. The maximum absolute atomic E-state index is 12.9. The van der Waals surface area contributed by atoms with Crippen LogP contribution in [0.1, 0.15) is 48.9 Å². The topological polar surface area (TPSA) is 84.0 Å². The number of esters is 1. The molecule has 7 nitrogen and oxygen atoms in total. The van der Waals surface area contributed by atoms with Gasteiger partial charge in [-0.1, -0.05) is 18.0 Å². The Balaban J connectivity index is 1.69. The van der Waals surface area contributed by atoms with Gasteiger partial charge < -0.3 is 9.64 Å². The van der Waals surface area contributed by atoms with E-state index in [9.17, 15) is 18.0 Å². The predicted octanol–water partition coefficient (Wildman–Crippen LogP) is 2.68. The molecule has 28 heavy (non-hydrogen) atoms. The SMILES string of the molecule is O=C(OCC(=O)N1CCCCC1)c1ccc(Cl)c(S(=O)(=O)N2CCCCC2)c1. The van der Waals surface area contributed by atoms with Crippen LogP contribution in [0.15, 0.2) is 23.1 Å². The molecule has 0 atom stereocenters. The van der Waals surface area contributed by atoms with Crippen LogP contribution >= 0.6 is 11.6 Å². The van der Waals surface area contributed by atoms with Crippen molar-refractivity contribution >= 4 is 33.5 Å². The number of amides is 1. The number of carbonyl (C=O) groups is 2. The number of rotatable bonds is 5. The van der Waals surface area contributed by atoms with Gasteiger partial charge in [0.1, 0.15) is 4.90 Å². The van der Waals surface area contributed by atoms with Gasteiger partial charge in [-0.3, -0.25) is 4.79 Å². The Morgan fingerprint density at radius 1 is 0.964 bits per heavy atom. The van der Waals surface area contributed by atoms with Crippen LogP contribution in [0.3, 0.4) is 0 Å². The number of carbonyl (C=O) groups excluding carboxylic acids is 2. The molecule has 1 amide bonds. The lowest BCUT2D eigenvalue weighted by atomic mass is 10.1. The molecule has 0 aliphatic carbocycles. The Morgan fingerprint density at radius 3 is 2.21 bits per heavy atom. The van der Waals surface area contributed by atoms with E-state index in [0.29, 0.717) is 26.2 Å². The lowest BCUT2D eigenvalue weighted by Gasteiger charge is -2.26. The zero-order valence-corrected chi connectivity index (χ0v) is 17.3. The van der Waals surface area contributed by atoms with Crippen molar-refractivity contribution in [2.45, 2.75) is 43.4 Å². The molecule has 0 saturated carbocycles. The summed E-state index contributed by atoms with van der Waals surface area (Å²) in [6.45, 7) is 1.89. The summed E-state index contributed by atoms with van der Waals surface area (Å²) in [6, 6.07) is 4.02. The zero-order valence-electron chi connectivity index (χ0n) is 15.7. The fourth-order valence-electron chi connectivity index (χ4n) is 3.52. The van der Waals surface area contributed by atoms with Gasteiger partial charge in [0.2, 0.25) is 10.0 Å². The molecule has 9 heteroatoms. The second-order valence-corrected chi connectivity index (χ2v) is 9.44. The van der Waals surface area contributed by atoms with Gasteiger partial charge in [-0.15, -0.1) is 0 Å². The molecule has 1 aromatic carbocycles. The van der Waals surface area contributed by atoms with Gasteiger partial charge in [0.05, 0.1) is 10.6 Å².